The molecule has 1 saturated heterocycles. The molecule has 0 spiro atoms. The van der Waals surface area contributed by atoms with Crippen molar-refractivity contribution in [1.82, 2.24) is 0 Å². The number of rotatable bonds is 7. The zero-order chi connectivity index (χ0) is 23.7. The number of epoxide rings is 1. The molecule has 1 fully saturated rings. The Hall–Kier alpha value is -3.83. The molecule has 0 aromatic heterocycles. The summed E-state index contributed by atoms with van der Waals surface area (Å²) in [6.07, 6.45) is 1.54. The lowest BCUT2D eigenvalue weighted by Crippen LogP contribution is -1.98. The Morgan fingerprint density at radius 3 is 1.94 bits per heavy atom. The van der Waals surface area contributed by atoms with Crippen molar-refractivity contribution < 1.29 is 22.6 Å². The van der Waals surface area contributed by atoms with E-state index in [0.29, 0.717) is 29.0 Å². The van der Waals surface area contributed by atoms with Gasteiger partial charge in [0, 0.05) is 22.8 Å². The first-order valence-electron chi connectivity index (χ1n) is 10.9. The molecular weight excluding hydrogens is 437 g/mol. The molecule has 1 heterocycles. The molecule has 0 bridgehead atoms. The first-order valence-corrected chi connectivity index (χ1v) is 10.9. The maximum atomic E-state index is 14.9. The van der Waals surface area contributed by atoms with Gasteiger partial charge in [0.2, 0.25) is 0 Å². The first kappa shape index (κ1) is 22.0. The molecule has 1 aliphatic rings. The van der Waals surface area contributed by atoms with E-state index in [1.807, 2.05) is 0 Å². The lowest BCUT2D eigenvalue weighted by molar-refractivity contribution is 0.304. The fourth-order valence-corrected chi connectivity index (χ4v) is 3.83. The van der Waals surface area contributed by atoms with Gasteiger partial charge in [0.1, 0.15) is 24.3 Å². The number of hydrogen-bond donors (Lipinski definition) is 0. The molecule has 1 unspecified atom stereocenters. The molecule has 0 saturated carbocycles. The first-order chi connectivity index (χ1) is 16.5. The van der Waals surface area contributed by atoms with Crippen molar-refractivity contribution >= 4 is 6.08 Å². The standard InChI is InChI=1S/C29H21F3O2/c1-2-18-3-7-20(8-4-18)23-13-14-24(29(32)28(23)31)21-9-5-19(6-10-21)16-33-22-11-12-25(26(30)15-22)27-17-34-27/h2-15,27H,1,16-17H2. The molecule has 0 aliphatic carbocycles. The van der Waals surface area contributed by atoms with Gasteiger partial charge in [0.25, 0.3) is 0 Å². The Morgan fingerprint density at radius 2 is 1.41 bits per heavy atom. The molecule has 170 valence electrons. The predicted octanol–water partition coefficient (Wildman–Crippen LogP) is 7.73. The minimum absolute atomic E-state index is 0.154. The highest BCUT2D eigenvalue weighted by Gasteiger charge is 2.27. The summed E-state index contributed by atoms with van der Waals surface area (Å²) in [5.41, 5.74) is 3.78. The van der Waals surface area contributed by atoms with E-state index in [4.69, 9.17) is 9.47 Å². The summed E-state index contributed by atoms with van der Waals surface area (Å²) in [6, 6.07) is 21.9. The van der Waals surface area contributed by atoms with Gasteiger partial charge in [-0.05, 0) is 34.4 Å². The van der Waals surface area contributed by atoms with Gasteiger partial charge in [-0.3, -0.25) is 0 Å². The van der Waals surface area contributed by atoms with E-state index in [1.54, 1.807) is 78.9 Å². The highest BCUT2D eigenvalue weighted by molar-refractivity contribution is 5.72. The fourth-order valence-electron chi connectivity index (χ4n) is 3.83. The average molecular weight is 458 g/mol. The van der Waals surface area contributed by atoms with Gasteiger partial charge >= 0.3 is 0 Å². The van der Waals surface area contributed by atoms with Crippen molar-refractivity contribution in [2.75, 3.05) is 6.61 Å². The zero-order valence-electron chi connectivity index (χ0n) is 18.2. The van der Waals surface area contributed by atoms with Gasteiger partial charge in [-0.25, -0.2) is 13.2 Å². The monoisotopic (exact) mass is 458 g/mol. The molecule has 5 heteroatoms. The van der Waals surface area contributed by atoms with E-state index < -0.39 is 11.6 Å². The van der Waals surface area contributed by atoms with Crippen molar-refractivity contribution in [3.63, 3.8) is 0 Å². The Balaban J connectivity index is 1.30. The SMILES string of the molecule is C=Cc1ccc(-c2ccc(-c3ccc(COc4ccc(C5CO5)c(F)c4)cc3)c(F)c2F)cc1. The molecule has 0 amide bonds. The third-order valence-electron chi connectivity index (χ3n) is 5.86. The van der Waals surface area contributed by atoms with Crippen molar-refractivity contribution in [3.8, 4) is 28.0 Å². The molecule has 1 aliphatic heterocycles. The maximum absolute atomic E-state index is 14.9. The molecule has 4 aromatic carbocycles. The van der Waals surface area contributed by atoms with Crippen LogP contribution in [0.5, 0.6) is 5.75 Å². The van der Waals surface area contributed by atoms with Crippen molar-refractivity contribution in [3.05, 3.63) is 120 Å². The molecule has 2 nitrogen and oxygen atoms in total. The zero-order valence-corrected chi connectivity index (χ0v) is 18.2. The van der Waals surface area contributed by atoms with E-state index in [0.717, 1.165) is 11.1 Å². The molecule has 4 aromatic rings. The minimum Gasteiger partial charge on any atom is -0.489 e. The van der Waals surface area contributed by atoms with Gasteiger partial charge in [0.15, 0.2) is 11.6 Å². The Kier molecular flexibility index (Phi) is 5.95. The second-order valence-electron chi connectivity index (χ2n) is 8.11. The van der Waals surface area contributed by atoms with Crippen LogP contribution < -0.4 is 4.74 Å². The average Bonchev–Trinajstić information content (AvgIpc) is 3.70. The van der Waals surface area contributed by atoms with Crippen LogP contribution in [-0.4, -0.2) is 6.61 Å². The fraction of sp³-hybridized carbons (Fsp3) is 0.103. The van der Waals surface area contributed by atoms with Crippen LogP contribution in [0.15, 0.2) is 85.4 Å². The largest absolute Gasteiger partial charge is 0.489 e. The van der Waals surface area contributed by atoms with Crippen LogP contribution in [0.3, 0.4) is 0 Å². The molecule has 0 radical (unpaired) electrons. The van der Waals surface area contributed by atoms with E-state index in [9.17, 15) is 13.2 Å². The van der Waals surface area contributed by atoms with Crippen LogP contribution in [0, 0.1) is 17.5 Å². The molecule has 34 heavy (non-hydrogen) atoms. The summed E-state index contributed by atoms with van der Waals surface area (Å²) < 4.78 is 54.7. The van der Waals surface area contributed by atoms with E-state index >= 15 is 0 Å². The quantitative estimate of drug-likeness (QED) is 0.264. The van der Waals surface area contributed by atoms with Crippen LogP contribution in [-0.2, 0) is 11.3 Å². The summed E-state index contributed by atoms with van der Waals surface area (Å²) in [6.45, 7) is 4.46. The predicted molar refractivity (Wildman–Crippen MR) is 127 cm³/mol. The lowest BCUT2D eigenvalue weighted by Gasteiger charge is -2.11. The molecule has 5 rings (SSSR count). The van der Waals surface area contributed by atoms with Gasteiger partial charge in [-0.15, -0.1) is 0 Å². The van der Waals surface area contributed by atoms with E-state index in [2.05, 4.69) is 6.58 Å². The van der Waals surface area contributed by atoms with Gasteiger partial charge in [0.05, 0.1) is 6.61 Å². The van der Waals surface area contributed by atoms with Crippen molar-refractivity contribution in [2.45, 2.75) is 12.7 Å². The van der Waals surface area contributed by atoms with Crippen LogP contribution in [0.1, 0.15) is 22.8 Å². The van der Waals surface area contributed by atoms with Crippen LogP contribution in [0.4, 0.5) is 13.2 Å². The molecule has 0 N–H and O–H groups in total. The molecular formula is C29H21F3O2. The summed E-state index contributed by atoms with van der Waals surface area (Å²) in [5.74, 6) is -1.73. The summed E-state index contributed by atoms with van der Waals surface area (Å²) in [5, 5.41) is 0. The second kappa shape index (κ2) is 9.20. The van der Waals surface area contributed by atoms with Crippen LogP contribution in [0.25, 0.3) is 28.3 Å². The summed E-state index contributed by atoms with van der Waals surface area (Å²) in [7, 11) is 0. The maximum Gasteiger partial charge on any atom is 0.167 e. The van der Waals surface area contributed by atoms with Crippen LogP contribution in [0.2, 0.25) is 0 Å². The van der Waals surface area contributed by atoms with E-state index in [-0.39, 0.29) is 29.7 Å². The number of ether oxygens (including phenoxy) is 2. The van der Waals surface area contributed by atoms with Gasteiger partial charge < -0.3 is 9.47 Å². The van der Waals surface area contributed by atoms with Crippen LogP contribution >= 0.6 is 0 Å². The Bertz CT molecular complexity index is 1340. The number of hydrogen-bond acceptors (Lipinski definition) is 2. The lowest BCUT2D eigenvalue weighted by atomic mass is 9.97. The highest BCUT2D eigenvalue weighted by Crippen LogP contribution is 2.34. The van der Waals surface area contributed by atoms with Crippen molar-refractivity contribution in [1.29, 1.82) is 0 Å². The third kappa shape index (κ3) is 4.47. The van der Waals surface area contributed by atoms with Gasteiger partial charge in [-0.1, -0.05) is 73.3 Å². The second-order valence-corrected chi connectivity index (χ2v) is 8.11. The van der Waals surface area contributed by atoms with Crippen molar-refractivity contribution in [2.24, 2.45) is 0 Å². The number of halogens is 3. The normalized spacial score (nSPS) is 14.6. The minimum atomic E-state index is -0.899. The van der Waals surface area contributed by atoms with Gasteiger partial charge in [-0.2, -0.15) is 0 Å². The Labute approximate surface area is 195 Å². The topological polar surface area (TPSA) is 21.8 Å². The smallest absolute Gasteiger partial charge is 0.167 e. The van der Waals surface area contributed by atoms with E-state index in [1.165, 1.54) is 6.07 Å². The summed E-state index contributed by atoms with van der Waals surface area (Å²) >= 11 is 0. The molecule has 1 atom stereocenters. The third-order valence-corrected chi connectivity index (χ3v) is 5.86. The Morgan fingerprint density at radius 1 is 0.824 bits per heavy atom. The summed E-state index contributed by atoms with van der Waals surface area (Å²) in [4.78, 5) is 0. The number of benzene rings is 4. The highest BCUT2D eigenvalue weighted by atomic mass is 19.2.